The van der Waals surface area contributed by atoms with Crippen LogP contribution in [0.3, 0.4) is 0 Å². The van der Waals surface area contributed by atoms with Crippen molar-refractivity contribution >= 4 is 71.3 Å². The summed E-state index contributed by atoms with van der Waals surface area (Å²) >= 11 is 0. The summed E-state index contributed by atoms with van der Waals surface area (Å²) in [5.74, 6) is 0.156. The fourth-order valence-electron chi connectivity index (χ4n) is 4.34. The van der Waals surface area contributed by atoms with Gasteiger partial charge in [-0.2, -0.15) is 31.9 Å². The van der Waals surface area contributed by atoms with E-state index in [4.69, 9.17) is 5.73 Å². The lowest BCUT2D eigenvalue weighted by Crippen LogP contribution is -2.16. The van der Waals surface area contributed by atoms with E-state index in [0.717, 1.165) is 17.7 Å². The zero-order valence-electron chi connectivity index (χ0n) is 23.0. The highest BCUT2D eigenvalue weighted by Crippen LogP contribution is 2.36. The first kappa shape index (κ1) is 30.2. The van der Waals surface area contributed by atoms with Crippen LogP contribution < -0.4 is 22.1 Å². The highest BCUT2D eigenvalue weighted by Gasteiger charge is 2.23. The predicted octanol–water partition coefficient (Wildman–Crippen LogP) is 4.91. The van der Waals surface area contributed by atoms with Gasteiger partial charge < -0.3 is 16.4 Å². The van der Waals surface area contributed by atoms with Crippen molar-refractivity contribution in [2.75, 3.05) is 16.4 Å². The lowest BCUT2D eigenvalue weighted by molar-refractivity contribution is 0.481. The third kappa shape index (κ3) is 6.55. The van der Waals surface area contributed by atoms with Crippen molar-refractivity contribution in [3.63, 3.8) is 0 Å². The molecule has 15 nitrogen and oxygen atoms in total. The highest BCUT2D eigenvalue weighted by molar-refractivity contribution is 7.86. The average Bonchev–Trinajstić information content (AvgIpc) is 2.92. The topological polar surface area (TPSA) is 242 Å². The van der Waals surface area contributed by atoms with Gasteiger partial charge in [0.15, 0.2) is 0 Å². The van der Waals surface area contributed by atoms with Gasteiger partial charge in [0.2, 0.25) is 11.9 Å². The maximum atomic E-state index is 12.3. The fourth-order valence-corrected chi connectivity index (χ4v) is 5.87. The van der Waals surface area contributed by atoms with Gasteiger partial charge in [0.1, 0.15) is 15.5 Å². The number of nitrogens with zero attached hydrogens (tertiary/aromatic N) is 4. The summed E-state index contributed by atoms with van der Waals surface area (Å²) in [5, 5.41) is 13.8. The van der Waals surface area contributed by atoms with Crippen LogP contribution in [-0.2, 0) is 20.2 Å². The summed E-state index contributed by atoms with van der Waals surface area (Å²) < 4.78 is 67.6. The van der Waals surface area contributed by atoms with Crippen molar-refractivity contribution in [3.8, 4) is 0 Å². The van der Waals surface area contributed by atoms with Gasteiger partial charge in [-0.3, -0.25) is 14.1 Å². The third-order valence-electron chi connectivity index (χ3n) is 6.39. The van der Waals surface area contributed by atoms with Crippen molar-refractivity contribution in [1.82, 2.24) is 15.0 Å². The maximum absolute atomic E-state index is 12.3. The number of benzene rings is 4. The molecule has 1 heterocycles. The molecule has 0 fully saturated rings. The summed E-state index contributed by atoms with van der Waals surface area (Å²) in [6, 6.07) is 16.1. The molecule has 5 rings (SSSR count). The minimum Gasteiger partial charge on any atom is -0.399 e. The molecule has 0 radical (unpaired) electrons. The Bertz CT molecular complexity index is 2250. The van der Waals surface area contributed by atoms with Crippen molar-refractivity contribution in [1.29, 1.82) is 0 Å². The zero-order valence-corrected chi connectivity index (χ0v) is 24.6. The number of rotatable bonds is 8. The normalized spacial score (nSPS) is 12.1. The summed E-state index contributed by atoms with van der Waals surface area (Å²) in [5.41, 5.74) is 8.49. The van der Waals surface area contributed by atoms with Crippen LogP contribution in [0.4, 0.5) is 40.3 Å². The van der Waals surface area contributed by atoms with Crippen LogP contribution in [-0.4, -0.2) is 40.9 Å². The van der Waals surface area contributed by atoms with E-state index in [0.29, 0.717) is 28.3 Å². The van der Waals surface area contributed by atoms with E-state index in [1.807, 2.05) is 6.92 Å². The van der Waals surface area contributed by atoms with Crippen LogP contribution in [0.1, 0.15) is 11.1 Å². The summed E-state index contributed by atoms with van der Waals surface area (Å²) in [4.78, 5) is 21.6. The number of aromatic nitrogens is 3. The molecule has 226 valence electrons. The van der Waals surface area contributed by atoms with E-state index >= 15 is 0 Å². The molecule has 0 spiro atoms. The van der Waals surface area contributed by atoms with E-state index < -0.39 is 35.7 Å². The molecule has 0 aliphatic carbocycles. The van der Waals surface area contributed by atoms with E-state index in [1.165, 1.54) is 18.2 Å². The van der Waals surface area contributed by atoms with Gasteiger partial charge in [0.25, 0.3) is 20.2 Å². The largest absolute Gasteiger partial charge is 0.399 e. The molecule has 7 N–H and O–H groups in total. The van der Waals surface area contributed by atoms with Crippen molar-refractivity contribution in [2.24, 2.45) is 10.2 Å². The molecule has 5 aromatic rings. The molecular formula is C27H24N8O7S2. The molecule has 0 atom stereocenters. The molecule has 0 saturated carbocycles. The summed E-state index contributed by atoms with van der Waals surface area (Å²) in [6.45, 7) is 3.55. The Hall–Kier alpha value is -5.23. The predicted molar refractivity (Wildman–Crippen MR) is 164 cm³/mol. The van der Waals surface area contributed by atoms with E-state index in [1.54, 1.807) is 43.3 Å². The number of nitrogens with two attached hydrogens (primary N) is 1. The van der Waals surface area contributed by atoms with E-state index in [2.05, 4.69) is 35.8 Å². The average molecular weight is 637 g/mol. The molecule has 0 saturated heterocycles. The van der Waals surface area contributed by atoms with Gasteiger partial charge >= 0.3 is 5.69 Å². The lowest BCUT2D eigenvalue weighted by atomic mass is 10.1. The van der Waals surface area contributed by atoms with E-state index in [-0.39, 0.29) is 28.4 Å². The van der Waals surface area contributed by atoms with Gasteiger partial charge in [0, 0.05) is 27.8 Å². The van der Waals surface area contributed by atoms with E-state index in [9.17, 15) is 30.7 Å². The quantitative estimate of drug-likeness (QED) is 0.0756. The number of anilines is 5. The Kier molecular flexibility index (Phi) is 7.87. The van der Waals surface area contributed by atoms with Crippen LogP contribution >= 0.6 is 0 Å². The molecule has 0 aliphatic heterocycles. The lowest BCUT2D eigenvalue weighted by Gasteiger charge is -2.10. The first-order chi connectivity index (χ1) is 20.7. The standard InChI is InChI=1S/C27H24N8O7S2/c1-14-12-16(6-9-20(14)28)29-25-31-26(33-27(36)32-25)30-17-7-10-21(15(2)13-17)34-35-22-11-8-18-19(24(22)44(40,41)42)4-3-5-23(18)43(37,38)39/h3-13H,28H2,1-2H3,(H,37,38,39)(H,40,41,42)(H3,29,30,31,32,33,36). The monoisotopic (exact) mass is 636 g/mol. The molecule has 17 heteroatoms. The number of hydrogen-bond donors (Lipinski definition) is 6. The number of nitrogen functional groups attached to an aromatic ring is 1. The Balaban J connectivity index is 1.42. The van der Waals surface area contributed by atoms with Crippen molar-refractivity contribution in [3.05, 3.63) is 88.3 Å². The number of nitrogens with one attached hydrogen (secondary N) is 3. The second kappa shape index (κ2) is 11.5. The number of aromatic amines is 1. The van der Waals surface area contributed by atoms with Gasteiger partial charge in [-0.15, -0.1) is 5.11 Å². The fraction of sp³-hybridized carbons (Fsp3) is 0.0741. The minimum absolute atomic E-state index is 0.0521. The highest BCUT2D eigenvalue weighted by atomic mass is 32.2. The number of fused-ring (bicyclic) bond motifs is 1. The number of azo groups is 1. The molecule has 0 unspecified atom stereocenters. The molecule has 44 heavy (non-hydrogen) atoms. The van der Waals surface area contributed by atoms with Crippen molar-refractivity contribution < 1.29 is 25.9 Å². The maximum Gasteiger partial charge on any atom is 0.351 e. The molecular weight excluding hydrogens is 612 g/mol. The molecule has 0 aliphatic rings. The minimum atomic E-state index is -4.90. The zero-order chi connectivity index (χ0) is 31.8. The van der Waals surface area contributed by atoms with Gasteiger partial charge in [-0.1, -0.05) is 18.2 Å². The smallest absolute Gasteiger partial charge is 0.351 e. The van der Waals surface area contributed by atoms with Crippen LogP contribution in [0, 0.1) is 13.8 Å². The number of H-pyrrole nitrogens is 1. The van der Waals surface area contributed by atoms with Crippen molar-refractivity contribution in [2.45, 2.75) is 23.6 Å². The Morgan fingerprint density at radius 1 is 0.773 bits per heavy atom. The first-order valence-electron chi connectivity index (χ1n) is 12.6. The first-order valence-corrected chi connectivity index (χ1v) is 15.5. The SMILES string of the molecule is Cc1cc(Nc2nc(Nc3ccc(N=Nc4ccc5c(S(=O)(=O)O)cccc5c4S(=O)(=O)O)c(C)c3)[nH]c(=O)n2)ccc1N. The van der Waals surface area contributed by atoms with Crippen LogP contribution in [0.15, 0.2) is 91.5 Å². The van der Waals surface area contributed by atoms with Gasteiger partial charge in [-0.05, 0) is 73.5 Å². The third-order valence-corrected chi connectivity index (χ3v) is 8.25. The van der Waals surface area contributed by atoms with Crippen LogP contribution in [0.5, 0.6) is 0 Å². The Morgan fingerprint density at radius 3 is 2.11 bits per heavy atom. The second-order valence-corrected chi connectivity index (χ2v) is 12.3. The molecule has 4 aromatic carbocycles. The second-order valence-electron chi connectivity index (χ2n) is 9.56. The van der Waals surface area contributed by atoms with Gasteiger partial charge in [0.05, 0.1) is 5.69 Å². The Morgan fingerprint density at radius 2 is 1.43 bits per heavy atom. The summed E-state index contributed by atoms with van der Waals surface area (Å²) in [6.07, 6.45) is 0. The van der Waals surface area contributed by atoms with Crippen LogP contribution in [0.2, 0.25) is 0 Å². The number of aryl methyl sites for hydroxylation is 2. The Labute approximate surface area is 250 Å². The molecule has 0 bridgehead atoms. The molecule has 0 amide bonds. The summed E-state index contributed by atoms with van der Waals surface area (Å²) in [7, 11) is -9.59. The number of hydrogen-bond acceptors (Lipinski definition) is 12. The van der Waals surface area contributed by atoms with Crippen LogP contribution in [0.25, 0.3) is 10.8 Å². The van der Waals surface area contributed by atoms with Gasteiger partial charge in [-0.25, -0.2) is 4.79 Å². The molecule has 1 aromatic heterocycles.